The summed E-state index contributed by atoms with van der Waals surface area (Å²) in [7, 11) is 0. The number of benzene rings is 2. The quantitative estimate of drug-likeness (QED) is 0.787. The number of hydrogen-bond acceptors (Lipinski definition) is 4. The van der Waals surface area contributed by atoms with Crippen molar-refractivity contribution in [3.63, 3.8) is 0 Å². The van der Waals surface area contributed by atoms with E-state index in [2.05, 4.69) is 40.5 Å². The molecule has 4 nitrogen and oxygen atoms in total. The van der Waals surface area contributed by atoms with Crippen LogP contribution in [0.15, 0.2) is 59.1 Å². The second kappa shape index (κ2) is 6.21. The first kappa shape index (κ1) is 15.1. The van der Waals surface area contributed by atoms with Crippen LogP contribution in [0.25, 0.3) is 11.5 Å². The van der Waals surface area contributed by atoms with Crippen molar-refractivity contribution in [2.75, 3.05) is 0 Å². The summed E-state index contributed by atoms with van der Waals surface area (Å²) in [6.45, 7) is 0. The molecule has 2 aromatic carbocycles. The molecular weight excluding hydrogens is 298 g/mol. The first-order valence-electron chi connectivity index (χ1n) is 8.50. The minimum Gasteiger partial charge on any atom is -0.334 e. The van der Waals surface area contributed by atoms with Gasteiger partial charge in [0.2, 0.25) is 0 Å². The van der Waals surface area contributed by atoms with Gasteiger partial charge < -0.3 is 10.3 Å². The van der Waals surface area contributed by atoms with Gasteiger partial charge in [-0.05, 0) is 36.5 Å². The lowest BCUT2D eigenvalue weighted by molar-refractivity contribution is 0.372. The van der Waals surface area contributed by atoms with Crippen LogP contribution in [0, 0.1) is 0 Å². The molecule has 0 bridgehead atoms. The molecule has 4 heteroatoms. The molecule has 0 unspecified atom stereocenters. The summed E-state index contributed by atoms with van der Waals surface area (Å²) in [5, 5.41) is 4.18. The Morgan fingerprint density at radius 3 is 2.46 bits per heavy atom. The molecule has 0 aliphatic heterocycles. The molecule has 1 heterocycles. The summed E-state index contributed by atoms with van der Waals surface area (Å²) in [6, 6.07) is 18.6. The molecule has 2 N–H and O–H groups in total. The third-order valence-corrected chi connectivity index (χ3v) is 4.85. The minimum atomic E-state index is -0.421. The first-order valence-corrected chi connectivity index (χ1v) is 8.50. The van der Waals surface area contributed by atoms with E-state index in [-0.39, 0.29) is 0 Å². The fraction of sp³-hybridized carbons (Fsp3) is 0.300. The molecular formula is C20H21N3O. The van der Waals surface area contributed by atoms with Crippen LogP contribution in [0.2, 0.25) is 0 Å². The summed E-state index contributed by atoms with van der Waals surface area (Å²) in [5.74, 6) is 1.21. The highest BCUT2D eigenvalue weighted by molar-refractivity contribution is 5.59. The Bertz CT molecular complexity index is 820. The SMILES string of the molecule is NC1(c2noc(-c3ccccc3Cc3ccccc3)n2)CCCC1. The summed E-state index contributed by atoms with van der Waals surface area (Å²) in [6.07, 6.45) is 4.95. The third-order valence-electron chi connectivity index (χ3n) is 4.85. The smallest absolute Gasteiger partial charge is 0.258 e. The minimum absolute atomic E-state index is 0.421. The Hall–Kier alpha value is -2.46. The molecule has 1 aliphatic carbocycles. The van der Waals surface area contributed by atoms with Crippen molar-refractivity contribution in [1.82, 2.24) is 10.1 Å². The first-order chi connectivity index (χ1) is 11.7. The van der Waals surface area contributed by atoms with Crippen LogP contribution in [0.4, 0.5) is 0 Å². The van der Waals surface area contributed by atoms with E-state index in [0.29, 0.717) is 11.7 Å². The normalized spacial score (nSPS) is 16.4. The monoisotopic (exact) mass is 319 g/mol. The van der Waals surface area contributed by atoms with E-state index in [4.69, 9.17) is 10.3 Å². The zero-order chi connectivity index (χ0) is 16.4. The van der Waals surface area contributed by atoms with Gasteiger partial charge in [-0.2, -0.15) is 4.98 Å². The van der Waals surface area contributed by atoms with E-state index in [9.17, 15) is 0 Å². The van der Waals surface area contributed by atoms with Crippen molar-refractivity contribution in [1.29, 1.82) is 0 Å². The molecule has 3 aromatic rings. The van der Waals surface area contributed by atoms with Gasteiger partial charge in [0.1, 0.15) is 0 Å². The Kier molecular flexibility index (Phi) is 3.90. The van der Waals surface area contributed by atoms with Crippen LogP contribution in [-0.2, 0) is 12.0 Å². The van der Waals surface area contributed by atoms with Gasteiger partial charge in [-0.1, -0.05) is 66.5 Å². The van der Waals surface area contributed by atoms with Gasteiger partial charge >= 0.3 is 0 Å². The number of aromatic nitrogens is 2. The molecule has 24 heavy (non-hydrogen) atoms. The highest BCUT2D eigenvalue weighted by Crippen LogP contribution is 2.36. The van der Waals surface area contributed by atoms with Crippen LogP contribution in [0.1, 0.15) is 42.6 Å². The molecule has 0 spiro atoms. The fourth-order valence-electron chi connectivity index (χ4n) is 3.46. The second-order valence-corrected chi connectivity index (χ2v) is 6.61. The predicted molar refractivity (Wildman–Crippen MR) is 93.3 cm³/mol. The molecule has 1 aromatic heterocycles. The van der Waals surface area contributed by atoms with Crippen LogP contribution >= 0.6 is 0 Å². The Morgan fingerprint density at radius 2 is 1.67 bits per heavy atom. The number of nitrogens with zero attached hydrogens (tertiary/aromatic N) is 2. The molecule has 122 valence electrons. The Labute approximate surface area is 141 Å². The third kappa shape index (κ3) is 2.85. The van der Waals surface area contributed by atoms with Crippen molar-refractivity contribution >= 4 is 0 Å². The molecule has 0 amide bonds. The van der Waals surface area contributed by atoms with Gasteiger partial charge in [-0.15, -0.1) is 0 Å². The van der Waals surface area contributed by atoms with E-state index < -0.39 is 5.54 Å². The fourth-order valence-corrected chi connectivity index (χ4v) is 3.46. The average Bonchev–Trinajstić information content (AvgIpc) is 3.27. The number of rotatable bonds is 4. The van der Waals surface area contributed by atoms with Gasteiger partial charge in [0.15, 0.2) is 5.82 Å². The van der Waals surface area contributed by atoms with E-state index in [1.807, 2.05) is 24.3 Å². The van der Waals surface area contributed by atoms with Crippen molar-refractivity contribution in [2.24, 2.45) is 5.73 Å². The summed E-state index contributed by atoms with van der Waals surface area (Å²) in [4.78, 5) is 4.63. The molecule has 1 fully saturated rings. The van der Waals surface area contributed by atoms with Gasteiger partial charge in [-0.25, -0.2) is 0 Å². The molecule has 0 atom stereocenters. The van der Waals surface area contributed by atoms with Crippen LogP contribution < -0.4 is 5.73 Å². The van der Waals surface area contributed by atoms with Crippen molar-refractivity contribution in [3.8, 4) is 11.5 Å². The summed E-state index contributed by atoms with van der Waals surface area (Å²) >= 11 is 0. The van der Waals surface area contributed by atoms with E-state index in [1.165, 1.54) is 11.1 Å². The maximum Gasteiger partial charge on any atom is 0.258 e. The van der Waals surface area contributed by atoms with E-state index in [0.717, 1.165) is 37.7 Å². The van der Waals surface area contributed by atoms with Gasteiger partial charge in [0, 0.05) is 5.56 Å². The molecule has 1 saturated carbocycles. The predicted octanol–water partition coefficient (Wildman–Crippen LogP) is 4.06. The maximum atomic E-state index is 6.45. The lowest BCUT2D eigenvalue weighted by Crippen LogP contribution is -2.34. The largest absolute Gasteiger partial charge is 0.334 e. The molecule has 0 saturated heterocycles. The Morgan fingerprint density at radius 1 is 0.958 bits per heavy atom. The van der Waals surface area contributed by atoms with Crippen molar-refractivity contribution in [2.45, 2.75) is 37.6 Å². The highest BCUT2D eigenvalue weighted by atomic mass is 16.5. The van der Waals surface area contributed by atoms with E-state index >= 15 is 0 Å². The molecule has 1 aliphatic rings. The van der Waals surface area contributed by atoms with Crippen LogP contribution in [0.3, 0.4) is 0 Å². The topological polar surface area (TPSA) is 64.9 Å². The average molecular weight is 319 g/mol. The summed E-state index contributed by atoms with van der Waals surface area (Å²) < 4.78 is 5.57. The van der Waals surface area contributed by atoms with Gasteiger partial charge in [0.25, 0.3) is 5.89 Å². The highest BCUT2D eigenvalue weighted by Gasteiger charge is 2.36. The number of nitrogens with two attached hydrogens (primary N) is 1. The Balaban J connectivity index is 1.66. The standard InChI is InChI=1S/C20H21N3O/c21-20(12-6-7-13-20)19-22-18(24-23-19)17-11-5-4-10-16(17)14-15-8-2-1-3-9-15/h1-5,8-11H,6-7,12-14,21H2. The van der Waals surface area contributed by atoms with Crippen LogP contribution in [-0.4, -0.2) is 10.1 Å². The van der Waals surface area contributed by atoms with Crippen molar-refractivity contribution in [3.05, 3.63) is 71.5 Å². The second-order valence-electron chi connectivity index (χ2n) is 6.61. The van der Waals surface area contributed by atoms with E-state index in [1.54, 1.807) is 0 Å². The van der Waals surface area contributed by atoms with Gasteiger partial charge in [-0.3, -0.25) is 0 Å². The maximum absolute atomic E-state index is 6.45. The number of hydrogen-bond donors (Lipinski definition) is 1. The lowest BCUT2D eigenvalue weighted by atomic mass is 9.98. The van der Waals surface area contributed by atoms with Crippen molar-refractivity contribution < 1.29 is 4.52 Å². The van der Waals surface area contributed by atoms with Gasteiger partial charge in [0.05, 0.1) is 5.54 Å². The summed E-state index contributed by atoms with van der Waals surface area (Å²) in [5.41, 5.74) is 9.45. The molecule has 0 radical (unpaired) electrons. The molecule has 4 rings (SSSR count). The zero-order valence-electron chi connectivity index (χ0n) is 13.6. The lowest BCUT2D eigenvalue weighted by Gasteiger charge is -2.17. The van der Waals surface area contributed by atoms with Crippen LogP contribution in [0.5, 0.6) is 0 Å². The zero-order valence-corrected chi connectivity index (χ0v) is 13.6.